The molecule has 1 aromatic carbocycles. The third kappa shape index (κ3) is 4.74. The van der Waals surface area contributed by atoms with Crippen molar-refractivity contribution in [2.24, 2.45) is 0 Å². The predicted octanol–water partition coefficient (Wildman–Crippen LogP) is 4.01. The molecular weight excluding hydrogens is 206 g/mol. The van der Waals surface area contributed by atoms with E-state index < -0.39 is 0 Å². The van der Waals surface area contributed by atoms with E-state index in [9.17, 15) is 0 Å². The number of aryl methyl sites for hydroxylation is 3. The first kappa shape index (κ1) is 14.0. The lowest BCUT2D eigenvalue weighted by atomic mass is 10.0. The third-order valence-electron chi connectivity index (χ3n) is 3.04. The molecule has 1 aromatic rings. The van der Waals surface area contributed by atoms with Crippen LogP contribution in [0.4, 0.5) is 0 Å². The maximum atomic E-state index is 3.42. The molecule has 0 heterocycles. The summed E-state index contributed by atoms with van der Waals surface area (Å²) in [6.07, 6.45) is 5.58. The second kappa shape index (κ2) is 6.61. The van der Waals surface area contributed by atoms with Gasteiger partial charge in [0.05, 0.1) is 0 Å². The van der Waals surface area contributed by atoms with Crippen LogP contribution in [0.2, 0.25) is 0 Å². The van der Waals surface area contributed by atoms with E-state index in [1.54, 1.807) is 0 Å². The van der Waals surface area contributed by atoms with Gasteiger partial charge in [0.15, 0.2) is 0 Å². The Bertz CT molecular complexity index is 389. The zero-order valence-corrected chi connectivity index (χ0v) is 11.8. The molecule has 0 atom stereocenters. The summed E-state index contributed by atoms with van der Waals surface area (Å²) in [4.78, 5) is 0. The minimum Gasteiger partial charge on any atom is -0.314 e. The highest BCUT2D eigenvalue weighted by molar-refractivity contribution is 5.56. The monoisotopic (exact) mass is 231 g/mol. The number of benzene rings is 1. The van der Waals surface area contributed by atoms with Crippen molar-refractivity contribution >= 4 is 6.08 Å². The SMILES string of the molecule is Cc1cc(C)c(C=CCCNC(C)C)cc1C. The molecule has 0 radical (unpaired) electrons. The molecule has 0 spiro atoms. The first-order chi connectivity index (χ1) is 8.00. The quantitative estimate of drug-likeness (QED) is 0.755. The van der Waals surface area contributed by atoms with Gasteiger partial charge >= 0.3 is 0 Å². The Morgan fingerprint density at radius 3 is 2.35 bits per heavy atom. The Balaban J connectivity index is 2.56. The van der Waals surface area contributed by atoms with Crippen LogP contribution in [0.5, 0.6) is 0 Å². The van der Waals surface area contributed by atoms with Crippen LogP contribution in [0.15, 0.2) is 18.2 Å². The van der Waals surface area contributed by atoms with Crippen LogP contribution in [0.25, 0.3) is 6.08 Å². The van der Waals surface area contributed by atoms with E-state index in [1.165, 1.54) is 22.3 Å². The third-order valence-corrected chi connectivity index (χ3v) is 3.04. The van der Waals surface area contributed by atoms with Crippen LogP contribution in [-0.2, 0) is 0 Å². The van der Waals surface area contributed by atoms with E-state index in [0.29, 0.717) is 6.04 Å². The van der Waals surface area contributed by atoms with Crippen LogP contribution < -0.4 is 5.32 Å². The molecule has 94 valence electrons. The normalized spacial score (nSPS) is 11.6. The van der Waals surface area contributed by atoms with Gasteiger partial charge in [0.1, 0.15) is 0 Å². The van der Waals surface area contributed by atoms with Gasteiger partial charge in [-0.2, -0.15) is 0 Å². The standard InChI is InChI=1S/C16H25N/c1-12(2)17-9-7-6-8-16-11-14(4)13(3)10-15(16)5/h6,8,10-12,17H,7,9H2,1-5H3. The fraction of sp³-hybridized carbons (Fsp3) is 0.500. The van der Waals surface area contributed by atoms with Crippen LogP contribution in [-0.4, -0.2) is 12.6 Å². The first-order valence-corrected chi connectivity index (χ1v) is 6.48. The Kier molecular flexibility index (Phi) is 5.43. The van der Waals surface area contributed by atoms with Crippen LogP contribution in [0, 0.1) is 20.8 Å². The lowest BCUT2D eigenvalue weighted by Crippen LogP contribution is -2.23. The molecule has 17 heavy (non-hydrogen) atoms. The summed E-state index contributed by atoms with van der Waals surface area (Å²) in [6, 6.07) is 5.12. The van der Waals surface area contributed by atoms with E-state index in [2.05, 4.69) is 64.2 Å². The summed E-state index contributed by atoms with van der Waals surface area (Å²) < 4.78 is 0. The Hall–Kier alpha value is -1.08. The average Bonchev–Trinajstić information content (AvgIpc) is 2.24. The van der Waals surface area contributed by atoms with Crippen molar-refractivity contribution in [2.75, 3.05) is 6.54 Å². The van der Waals surface area contributed by atoms with E-state index in [1.807, 2.05) is 0 Å². The van der Waals surface area contributed by atoms with Gasteiger partial charge in [0.25, 0.3) is 0 Å². The number of hydrogen-bond acceptors (Lipinski definition) is 1. The molecule has 0 aliphatic rings. The maximum Gasteiger partial charge on any atom is 0.00105 e. The summed E-state index contributed by atoms with van der Waals surface area (Å²) in [5.41, 5.74) is 5.45. The molecule has 0 aliphatic heterocycles. The number of hydrogen-bond donors (Lipinski definition) is 1. The highest BCUT2D eigenvalue weighted by atomic mass is 14.9. The van der Waals surface area contributed by atoms with Gasteiger partial charge in [-0.15, -0.1) is 0 Å². The van der Waals surface area contributed by atoms with E-state index in [-0.39, 0.29) is 0 Å². The molecule has 1 nitrogen and oxygen atoms in total. The molecule has 0 aromatic heterocycles. The summed E-state index contributed by atoms with van der Waals surface area (Å²) in [7, 11) is 0. The molecule has 0 bridgehead atoms. The van der Waals surface area contributed by atoms with Crippen LogP contribution >= 0.6 is 0 Å². The largest absolute Gasteiger partial charge is 0.314 e. The second-order valence-corrected chi connectivity index (χ2v) is 5.09. The minimum atomic E-state index is 0.576. The summed E-state index contributed by atoms with van der Waals surface area (Å²) >= 11 is 0. The van der Waals surface area contributed by atoms with Crippen molar-refractivity contribution in [2.45, 2.75) is 47.1 Å². The molecule has 1 rings (SSSR count). The number of nitrogens with one attached hydrogen (secondary N) is 1. The second-order valence-electron chi connectivity index (χ2n) is 5.09. The van der Waals surface area contributed by atoms with E-state index in [0.717, 1.165) is 13.0 Å². The average molecular weight is 231 g/mol. The molecule has 0 saturated heterocycles. The molecule has 0 aliphatic carbocycles. The molecule has 0 amide bonds. The Morgan fingerprint density at radius 2 is 1.71 bits per heavy atom. The Morgan fingerprint density at radius 1 is 1.06 bits per heavy atom. The van der Waals surface area contributed by atoms with Crippen molar-refractivity contribution in [1.29, 1.82) is 0 Å². The Labute approximate surface area is 106 Å². The van der Waals surface area contributed by atoms with Crippen molar-refractivity contribution in [3.63, 3.8) is 0 Å². The van der Waals surface area contributed by atoms with Crippen molar-refractivity contribution in [3.05, 3.63) is 40.5 Å². The zero-order valence-electron chi connectivity index (χ0n) is 11.8. The van der Waals surface area contributed by atoms with Gasteiger partial charge in [-0.1, -0.05) is 38.1 Å². The lowest BCUT2D eigenvalue weighted by molar-refractivity contribution is 0.595. The van der Waals surface area contributed by atoms with Crippen LogP contribution in [0.1, 0.15) is 42.5 Å². The van der Waals surface area contributed by atoms with Crippen LogP contribution in [0.3, 0.4) is 0 Å². The van der Waals surface area contributed by atoms with Gasteiger partial charge in [-0.3, -0.25) is 0 Å². The highest BCUT2D eigenvalue weighted by Gasteiger charge is 1.98. The minimum absolute atomic E-state index is 0.576. The maximum absolute atomic E-state index is 3.42. The van der Waals surface area contributed by atoms with Gasteiger partial charge in [-0.05, 0) is 56.0 Å². The molecule has 0 saturated carbocycles. The van der Waals surface area contributed by atoms with Crippen molar-refractivity contribution < 1.29 is 0 Å². The first-order valence-electron chi connectivity index (χ1n) is 6.48. The number of rotatable bonds is 5. The fourth-order valence-corrected chi connectivity index (χ4v) is 1.83. The summed E-state index contributed by atoms with van der Waals surface area (Å²) in [5.74, 6) is 0. The predicted molar refractivity (Wildman–Crippen MR) is 77.4 cm³/mol. The van der Waals surface area contributed by atoms with E-state index in [4.69, 9.17) is 0 Å². The van der Waals surface area contributed by atoms with Crippen molar-refractivity contribution in [3.8, 4) is 0 Å². The van der Waals surface area contributed by atoms with Gasteiger partial charge < -0.3 is 5.32 Å². The lowest BCUT2D eigenvalue weighted by Gasteiger charge is -2.07. The highest BCUT2D eigenvalue weighted by Crippen LogP contribution is 2.16. The topological polar surface area (TPSA) is 12.0 Å². The fourth-order valence-electron chi connectivity index (χ4n) is 1.83. The van der Waals surface area contributed by atoms with Gasteiger partial charge in [0, 0.05) is 6.04 Å². The molecular formula is C16H25N. The zero-order chi connectivity index (χ0) is 12.8. The van der Waals surface area contributed by atoms with Gasteiger partial charge in [0.2, 0.25) is 0 Å². The molecule has 1 heteroatoms. The summed E-state index contributed by atoms with van der Waals surface area (Å²) in [5, 5.41) is 3.42. The van der Waals surface area contributed by atoms with E-state index >= 15 is 0 Å². The molecule has 1 N–H and O–H groups in total. The molecule has 0 unspecified atom stereocenters. The summed E-state index contributed by atoms with van der Waals surface area (Å²) in [6.45, 7) is 11.9. The smallest absolute Gasteiger partial charge is 0.00105 e. The van der Waals surface area contributed by atoms with Gasteiger partial charge in [-0.25, -0.2) is 0 Å². The molecule has 0 fully saturated rings. The van der Waals surface area contributed by atoms with Crippen molar-refractivity contribution in [1.82, 2.24) is 5.32 Å².